The Bertz CT molecular complexity index is 1060. The number of ether oxygens (including phenoxy) is 1. The topological polar surface area (TPSA) is 114 Å². The monoisotopic (exact) mass is 403 g/mol. The van der Waals surface area contributed by atoms with Gasteiger partial charge in [-0.3, -0.25) is 14.6 Å². The Morgan fingerprint density at radius 2 is 1.93 bits per heavy atom. The Morgan fingerprint density at radius 1 is 1.21 bits per heavy atom. The van der Waals surface area contributed by atoms with Gasteiger partial charge in [0.1, 0.15) is 5.75 Å². The van der Waals surface area contributed by atoms with E-state index in [2.05, 4.69) is 15.0 Å². The molecule has 1 aliphatic heterocycles. The summed E-state index contributed by atoms with van der Waals surface area (Å²) in [6, 6.07) is 4.38. The Morgan fingerprint density at radius 3 is 2.57 bits per heavy atom. The number of fused-ring (bicyclic) bond motifs is 1. The van der Waals surface area contributed by atoms with Gasteiger partial charge in [-0.05, 0) is 43.0 Å². The van der Waals surface area contributed by atoms with E-state index in [1.54, 1.807) is 26.1 Å². The molecule has 2 amide bonds. The Hall–Kier alpha value is -2.94. The first-order chi connectivity index (χ1) is 13.1. The third-order valence-corrected chi connectivity index (χ3v) is 5.78. The number of rotatable bonds is 4. The van der Waals surface area contributed by atoms with Gasteiger partial charge in [0.25, 0.3) is 21.8 Å². The van der Waals surface area contributed by atoms with Crippen molar-refractivity contribution in [1.82, 2.24) is 9.71 Å². The number of nitrogens with zero attached hydrogens (tertiary/aromatic N) is 1. The second-order valence-electron chi connectivity index (χ2n) is 7.07. The Kier molecular flexibility index (Phi) is 5.12. The lowest BCUT2D eigenvalue weighted by Crippen LogP contribution is -2.40. The zero-order valence-electron chi connectivity index (χ0n) is 15.9. The van der Waals surface area contributed by atoms with E-state index in [0.717, 1.165) is 5.56 Å². The van der Waals surface area contributed by atoms with Crippen LogP contribution in [0.15, 0.2) is 35.5 Å². The van der Waals surface area contributed by atoms with Crippen LogP contribution in [0.25, 0.3) is 0 Å². The Balaban J connectivity index is 1.93. The first kappa shape index (κ1) is 19.8. The molecule has 3 rings (SSSR count). The molecule has 0 fully saturated rings. The summed E-state index contributed by atoms with van der Waals surface area (Å²) in [4.78, 5) is 28.3. The van der Waals surface area contributed by atoms with Crippen molar-refractivity contribution in [2.75, 3.05) is 5.32 Å². The normalized spacial score (nSPS) is 16.2. The number of anilines is 1. The zero-order chi connectivity index (χ0) is 20.6. The summed E-state index contributed by atoms with van der Waals surface area (Å²) in [6.07, 6.45) is 2.14. The van der Waals surface area contributed by atoms with Crippen LogP contribution in [0.1, 0.15) is 35.3 Å². The number of sulfonamides is 1. The van der Waals surface area contributed by atoms with Crippen molar-refractivity contribution in [3.63, 3.8) is 0 Å². The van der Waals surface area contributed by atoms with Crippen LogP contribution in [0.5, 0.6) is 5.75 Å². The molecular weight excluding hydrogens is 382 g/mol. The fourth-order valence-corrected chi connectivity index (χ4v) is 4.12. The molecule has 0 spiro atoms. The summed E-state index contributed by atoms with van der Waals surface area (Å²) >= 11 is 0. The zero-order valence-corrected chi connectivity index (χ0v) is 16.8. The number of hydrogen-bond acceptors (Lipinski definition) is 6. The molecule has 0 radical (unpaired) electrons. The molecule has 0 saturated carbocycles. The number of amides is 2. The Labute approximate surface area is 163 Å². The van der Waals surface area contributed by atoms with Gasteiger partial charge in [0.15, 0.2) is 6.10 Å². The molecule has 1 atom stereocenters. The number of carbonyl (C=O) groups is 2. The fourth-order valence-electron chi connectivity index (χ4n) is 2.90. The number of carbonyl (C=O) groups excluding carboxylic acids is 2. The molecule has 8 nitrogen and oxygen atoms in total. The van der Waals surface area contributed by atoms with Crippen LogP contribution in [0.4, 0.5) is 5.69 Å². The van der Waals surface area contributed by atoms with Gasteiger partial charge in [-0.15, -0.1) is 0 Å². The maximum Gasteiger partial charge on any atom is 0.266 e. The molecule has 2 N–H and O–H groups in total. The van der Waals surface area contributed by atoms with E-state index in [4.69, 9.17) is 4.74 Å². The minimum absolute atomic E-state index is 0.0944. The molecule has 2 heterocycles. The average Bonchev–Trinajstić information content (AvgIpc) is 2.59. The molecule has 0 saturated heterocycles. The van der Waals surface area contributed by atoms with Crippen molar-refractivity contribution in [3.05, 3.63) is 47.3 Å². The molecule has 9 heteroatoms. The summed E-state index contributed by atoms with van der Waals surface area (Å²) < 4.78 is 33.3. The summed E-state index contributed by atoms with van der Waals surface area (Å²) in [6.45, 7) is 6.99. The van der Waals surface area contributed by atoms with Crippen molar-refractivity contribution in [2.45, 2.75) is 38.7 Å². The highest BCUT2D eigenvalue weighted by molar-refractivity contribution is 7.90. The number of benzene rings is 1. The lowest BCUT2D eigenvalue weighted by atomic mass is 10.0. The minimum atomic E-state index is -4.16. The SMILES string of the molecule is Cc1cncc(C(=O)NS(=O)(=O)c2cc3c(cc2C)NC(=O)C(C(C)C)O3)c1. The van der Waals surface area contributed by atoms with Crippen LogP contribution in [0.2, 0.25) is 0 Å². The van der Waals surface area contributed by atoms with Gasteiger partial charge < -0.3 is 10.1 Å². The van der Waals surface area contributed by atoms with Crippen LogP contribution in [0, 0.1) is 19.8 Å². The van der Waals surface area contributed by atoms with Gasteiger partial charge in [0.2, 0.25) is 0 Å². The highest BCUT2D eigenvalue weighted by Crippen LogP contribution is 2.35. The average molecular weight is 403 g/mol. The summed E-state index contributed by atoms with van der Waals surface area (Å²) in [7, 11) is -4.16. The van der Waals surface area contributed by atoms with Crippen molar-refractivity contribution in [2.24, 2.45) is 5.92 Å². The molecule has 2 aromatic rings. The van der Waals surface area contributed by atoms with E-state index in [-0.39, 0.29) is 28.0 Å². The molecule has 0 bridgehead atoms. The van der Waals surface area contributed by atoms with E-state index in [1.807, 2.05) is 13.8 Å². The van der Waals surface area contributed by atoms with Crippen LogP contribution < -0.4 is 14.8 Å². The number of nitrogens with one attached hydrogen (secondary N) is 2. The molecule has 1 unspecified atom stereocenters. The van der Waals surface area contributed by atoms with Crippen LogP contribution >= 0.6 is 0 Å². The maximum atomic E-state index is 12.8. The number of hydrogen-bond donors (Lipinski definition) is 2. The van der Waals surface area contributed by atoms with Crippen LogP contribution in [-0.2, 0) is 14.8 Å². The van der Waals surface area contributed by atoms with Gasteiger partial charge in [0.05, 0.1) is 16.1 Å². The lowest BCUT2D eigenvalue weighted by Gasteiger charge is -2.29. The minimum Gasteiger partial charge on any atom is -0.478 e. The summed E-state index contributed by atoms with van der Waals surface area (Å²) in [5.41, 5.74) is 1.64. The van der Waals surface area contributed by atoms with E-state index in [1.165, 1.54) is 18.3 Å². The van der Waals surface area contributed by atoms with Crippen LogP contribution in [-0.4, -0.2) is 31.3 Å². The predicted molar refractivity (Wildman–Crippen MR) is 103 cm³/mol. The number of pyridine rings is 1. The van der Waals surface area contributed by atoms with Gasteiger partial charge in [-0.1, -0.05) is 13.8 Å². The van der Waals surface area contributed by atoms with E-state index >= 15 is 0 Å². The second kappa shape index (κ2) is 7.23. The standard InChI is InChI=1S/C19H21N3O5S/c1-10(2)17-19(24)21-14-6-12(4)16(7-15(14)27-17)28(25,26)22-18(23)13-5-11(3)8-20-9-13/h5-10,17H,1-4H3,(H,21,24)(H,22,23). The van der Waals surface area contributed by atoms with Crippen molar-refractivity contribution < 1.29 is 22.7 Å². The first-order valence-electron chi connectivity index (χ1n) is 8.69. The predicted octanol–water partition coefficient (Wildman–Crippen LogP) is 2.17. The van der Waals surface area contributed by atoms with Gasteiger partial charge in [0, 0.05) is 18.5 Å². The lowest BCUT2D eigenvalue weighted by molar-refractivity contribution is -0.125. The van der Waals surface area contributed by atoms with E-state index < -0.39 is 22.0 Å². The molecule has 1 aliphatic rings. The molecule has 148 valence electrons. The van der Waals surface area contributed by atoms with Gasteiger partial charge >= 0.3 is 0 Å². The first-order valence-corrected chi connectivity index (χ1v) is 10.2. The fraction of sp³-hybridized carbons (Fsp3) is 0.316. The number of aryl methyl sites for hydroxylation is 2. The van der Waals surface area contributed by atoms with Crippen LogP contribution in [0.3, 0.4) is 0 Å². The van der Waals surface area contributed by atoms with Gasteiger partial charge in [-0.2, -0.15) is 0 Å². The highest BCUT2D eigenvalue weighted by Gasteiger charge is 2.32. The van der Waals surface area contributed by atoms with E-state index in [9.17, 15) is 18.0 Å². The van der Waals surface area contributed by atoms with E-state index in [0.29, 0.717) is 11.3 Å². The smallest absolute Gasteiger partial charge is 0.266 e. The molecule has 28 heavy (non-hydrogen) atoms. The quantitative estimate of drug-likeness (QED) is 0.809. The third kappa shape index (κ3) is 3.84. The highest BCUT2D eigenvalue weighted by atomic mass is 32.2. The maximum absolute atomic E-state index is 12.8. The molecular formula is C19H21N3O5S. The van der Waals surface area contributed by atoms with Crippen molar-refractivity contribution in [1.29, 1.82) is 0 Å². The third-order valence-electron chi connectivity index (χ3n) is 4.31. The summed E-state index contributed by atoms with van der Waals surface area (Å²) in [5, 5.41) is 2.73. The van der Waals surface area contributed by atoms with Crippen molar-refractivity contribution in [3.8, 4) is 5.75 Å². The van der Waals surface area contributed by atoms with Gasteiger partial charge in [-0.25, -0.2) is 13.1 Å². The largest absolute Gasteiger partial charge is 0.478 e. The molecule has 1 aromatic heterocycles. The molecule has 1 aromatic carbocycles. The summed E-state index contributed by atoms with van der Waals surface area (Å²) in [5.74, 6) is -0.905. The second-order valence-corrected chi connectivity index (χ2v) is 8.72. The van der Waals surface area contributed by atoms with Crippen molar-refractivity contribution >= 4 is 27.5 Å². The molecule has 0 aliphatic carbocycles. The number of aromatic nitrogens is 1.